The number of nitrogens with two attached hydrogens (primary N) is 1. The predicted octanol–water partition coefficient (Wildman–Crippen LogP) is 0.439. The average molecular weight is 198 g/mol. The van der Waals surface area contributed by atoms with Gasteiger partial charge in [0, 0.05) is 0 Å². The molecule has 4 N–H and O–H groups in total. The summed E-state index contributed by atoms with van der Waals surface area (Å²) in [6, 6.07) is 0. The molecule has 72 valence electrons. The second-order valence-corrected chi connectivity index (χ2v) is 4.06. The van der Waals surface area contributed by atoms with Crippen LogP contribution < -0.4 is 16.6 Å². The van der Waals surface area contributed by atoms with E-state index in [1.807, 2.05) is 0 Å². The summed E-state index contributed by atoms with van der Waals surface area (Å²) < 4.78 is 0. The summed E-state index contributed by atoms with van der Waals surface area (Å²) >= 11 is 5.02. The van der Waals surface area contributed by atoms with Gasteiger partial charge in [0.2, 0.25) is 0 Å². The molecular formula is C8H14N4S. The predicted molar refractivity (Wildman–Crippen MR) is 56.3 cm³/mol. The Hall–Kier alpha value is -0.680. The lowest BCUT2D eigenvalue weighted by atomic mass is 9.81. The Bertz CT molecular complexity index is 255. The topological polar surface area (TPSA) is 62.4 Å². The van der Waals surface area contributed by atoms with Gasteiger partial charge in [0.05, 0.1) is 5.54 Å². The molecule has 2 aliphatic rings. The van der Waals surface area contributed by atoms with E-state index in [4.69, 9.17) is 18.1 Å². The van der Waals surface area contributed by atoms with Gasteiger partial charge in [-0.3, -0.25) is 0 Å². The van der Waals surface area contributed by atoms with Crippen LogP contribution in [0.15, 0.2) is 4.99 Å². The quantitative estimate of drug-likeness (QED) is 0.300. The molecule has 0 atom stereocenters. The summed E-state index contributed by atoms with van der Waals surface area (Å²) in [5.74, 6) is 6.24. The summed E-state index contributed by atoms with van der Waals surface area (Å²) in [5, 5.41) is 3.82. The molecule has 0 radical (unpaired) electrons. The van der Waals surface area contributed by atoms with Crippen LogP contribution in [0.25, 0.3) is 0 Å². The highest BCUT2D eigenvalue weighted by atomic mass is 32.1. The highest BCUT2D eigenvalue weighted by Crippen LogP contribution is 2.31. The average Bonchev–Trinajstić information content (AvgIpc) is 2.43. The Morgan fingerprint density at radius 3 is 2.69 bits per heavy atom. The van der Waals surface area contributed by atoms with E-state index >= 15 is 0 Å². The maximum Gasteiger partial charge on any atom is 0.195 e. The van der Waals surface area contributed by atoms with E-state index in [0.717, 1.165) is 18.7 Å². The zero-order valence-corrected chi connectivity index (χ0v) is 8.28. The van der Waals surface area contributed by atoms with Crippen LogP contribution in [0.4, 0.5) is 0 Å². The zero-order chi connectivity index (χ0) is 9.31. The fraction of sp³-hybridized carbons (Fsp3) is 0.750. The van der Waals surface area contributed by atoms with Gasteiger partial charge in [0.15, 0.2) is 5.11 Å². The van der Waals surface area contributed by atoms with Crippen molar-refractivity contribution < 1.29 is 0 Å². The minimum absolute atomic E-state index is 0.0654. The molecule has 0 aromatic carbocycles. The van der Waals surface area contributed by atoms with Crippen molar-refractivity contribution in [1.29, 1.82) is 0 Å². The van der Waals surface area contributed by atoms with E-state index in [2.05, 4.69) is 15.7 Å². The molecule has 1 spiro atoms. The van der Waals surface area contributed by atoms with Gasteiger partial charge in [-0.25, -0.2) is 10.8 Å². The Morgan fingerprint density at radius 2 is 2.08 bits per heavy atom. The standard InChI is InChI=1S/C8H14N4S/c9-12-6-8(11-7(13)10-6)4-2-1-3-5-8/h1-5,9H2,(H2,10,11,12,13). The lowest BCUT2D eigenvalue weighted by Gasteiger charge is -2.34. The molecule has 5 heteroatoms. The van der Waals surface area contributed by atoms with Crippen LogP contribution in [0.1, 0.15) is 32.1 Å². The lowest BCUT2D eigenvalue weighted by Crippen LogP contribution is -2.55. The van der Waals surface area contributed by atoms with Crippen molar-refractivity contribution in [3.8, 4) is 0 Å². The molecule has 1 aliphatic heterocycles. The van der Waals surface area contributed by atoms with Gasteiger partial charge >= 0.3 is 0 Å². The van der Waals surface area contributed by atoms with Gasteiger partial charge in [-0.05, 0) is 25.1 Å². The number of thiocarbonyl (C=S) groups is 1. The van der Waals surface area contributed by atoms with E-state index < -0.39 is 0 Å². The van der Waals surface area contributed by atoms with Crippen molar-refractivity contribution in [2.45, 2.75) is 37.6 Å². The van der Waals surface area contributed by atoms with Crippen LogP contribution in [0.3, 0.4) is 0 Å². The van der Waals surface area contributed by atoms with Gasteiger partial charge < -0.3 is 10.7 Å². The fourth-order valence-electron chi connectivity index (χ4n) is 2.19. The smallest absolute Gasteiger partial charge is 0.195 e. The first kappa shape index (κ1) is 8.90. The summed E-state index contributed by atoms with van der Waals surface area (Å²) in [6.07, 6.45) is 5.90. The van der Waals surface area contributed by atoms with Crippen LogP contribution >= 0.6 is 12.2 Å². The van der Waals surface area contributed by atoms with Crippen molar-refractivity contribution >= 4 is 23.2 Å². The Labute approximate surface area is 82.9 Å². The molecule has 4 nitrogen and oxygen atoms in total. The molecule has 0 amide bonds. The second-order valence-electron chi connectivity index (χ2n) is 3.68. The normalized spacial score (nSPS) is 25.6. The van der Waals surface area contributed by atoms with E-state index in [1.54, 1.807) is 0 Å². The first-order valence-corrected chi connectivity index (χ1v) is 5.06. The van der Waals surface area contributed by atoms with Gasteiger partial charge in [0.25, 0.3) is 0 Å². The van der Waals surface area contributed by atoms with Crippen molar-refractivity contribution in [2.75, 3.05) is 0 Å². The number of nitrogens with one attached hydrogen (secondary N) is 2. The number of hydrazine groups is 1. The Kier molecular flexibility index (Phi) is 2.21. The van der Waals surface area contributed by atoms with Gasteiger partial charge in [-0.2, -0.15) is 0 Å². The number of rotatable bonds is 0. The van der Waals surface area contributed by atoms with Gasteiger partial charge in [-0.15, -0.1) is 0 Å². The molecule has 2 rings (SSSR count). The third-order valence-corrected chi connectivity index (χ3v) is 3.05. The van der Waals surface area contributed by atoms with E-state index in [-0.39, 0.29) is 5.54 Å². The van der Waals surface area contributed by atoms with E-state index in [9.17, 15) is 0 Å². The molecule has 1 fully saturated rings. The SMILES string of the molecule is NNC1=NC(=S)NC12CCCCC2. The van der Waals surface area contributed by atoms with Crippen LogP contribution in [-0.4, -0.2) is 16.5 Å². The number of hydrogen-bond donors (Lipinski definition) is 3. The minimum Gasteiger partial charge on any atom is -0.348 e. The number of nitrogens with zero attached hydrogens (tertiary/aromatic N) is 1. The zero-order valence-electron chi connectivity index (χ0n) is 7.47. The fourth-order valence-corrected chi connectivity index (χ4v) is 2.47. The van der Waals surface area contributed by atoms with Crippen LogP contribution in [0.2, 0.25) is 0 Å². The molecule has 0 aromatic rings. The molecular weight excluding hydrogens is 184 g/mol. The number of hydrogen-bond acceptors (Lipinski definition) is 3. The largest absolute Gasteiger partial charge is 0.348 e. The second kappa shape index (κ2) is 3.23. The molecule has 13 heavy (non-hydrogen) atoms. The van der Waals surface area contributed by atoms with Crippen LogP contribution in [0, 0.1) is 0 Å². The maximum atomic E-state index is 5.42. The van der Waals surface area contributed by atoms with Gasteiger partial charge in [-0.1, -0.05) is 19.3 Å². The van der Waals surface area contributed by atoms with Gasteiger partial charge in [0.1, 0.15) is 5.84 Å². The first-order chi connectivity index (χ1) is 6.27. The molecule has 0 saturated heterocycles. The van der Waals surface area contributed by atoms with Crippen LogP contribution in [-0.2, 0) is 0 Å². The molecule has 0 aromatic heterocycles. The molecule has 1 aliphatic carbocycles. The summed E-state index contributed by atoms with van der Waals surface area (Å²) in [6.45, 7) is 0. The van der Waals surface area contributed by atoms with Crippen LogP contribution in [0.5, 0.6) is 0 Å². The first-order valence-electron chi connectivity index (χ1n) is 4.65. The van der Waals surface area contributed by atoms with Crippen molar-refractivity contribution in [2.24, 2.45) is 10.8 Å². The molecule has 0 bridgehead atoms. The van der Waals surface area contributed by atoms with E-state index in [0.29, 0.717) is 5.11 Å². The lowest BCUT2D eigenvalue weighted by molar-refractivity contribution is 0.352. The summed E-state index contributed by atoms with van der Waals surface area (Å²) in [5.41, 5.74) is 2.59. The monoisotopic (exact) mass is 198 g/mol. The van der Waals surface area contributed by atoms with E-state index in [1.165, 1.54) is 19.3 Å². The third-order valence-electron chi connectivity index (χ3n) is 2.86. The maximum absolute atomic E-state index is 5.42. The molecule has 1 saturated carbocycles. The summed E-state index contributed by atoms with van der Waals surface area (Å²) in [7, 11) is 0. The Morgan fingerprint density at radius 1 is 1.38 bits per heavy atom. The Balaban J connectivity index is 2.21. The highest BCUT2D eigenvalue weighted by Gasteiger charge is 2.41. The van der Waals surface area contributed by atoms with Crippen molar-refractivity contribution in [3.05, 3.63) is 0 Å². The van der Waals surface area contributed by atoms with Crippen molar-refractivity contribution in [3.63, 3.8) is 0 Å². The minimum atomic E-state index is -0.0654. The highest BCUT2D eigenvalue weighted by molar-refractivity contribution is 7.80. The van der Waals surface area contributed by atoms with Crippen molar-refractivity contribution in [1.82, 2.24) is 10.7 Å². The molecule has 0 unspecified atom stereocenters. The summed E-state index contributed by atoms with van der Waals surface area (Å²) in [4.78, 5) is 4.18. The molecule has 1 heterocycles. The number of aliphatic imine (C=N–C) groups is 1. The third kappa shape index (κ3) is 1.42. The number of amidine groups is 1.